The fraction of sp³-hybridized carbons (Fsp3) is 0.333. The number of aliphatic hydroxyl groups is 1. The third-order valence-corrected chi connectivity index (χ3v) is 3.20. The molecule has 5 heteroatoms. The number of thiocarbonyl (C=S) groups is 1. The van der Waals surface area contributed by atoms with Gasteiger partial charge in [0, 0.05) is 24.5 Å². The van der Waals surface area contributed by atoms with Gasteiger partial charge in [-0.15, -0.1) is 0 Å². The van der Waals surface area contributed by atoms with Gasteiger partial charge in [-0.3, -0.25) is 0 Å². The van der Waals surface area contributed by atoms with Crippen LogP contribution in [0.3, 0.4) is 0 Å². The number of benzene rings is 1. The lowest BCUT2D eigenvalue weighted by molar-refractivity contribution is 0.0885. The monoisotopic (exact) mass is 289 g/mol. The number of likely N-dealkylation sites (N-methyl/N-ethyl adjacent to an activating group) is 1. The molecule has 20 heavy (non-hydrogen) atoms. The highest BCUT2D eigenvalue weighted by atomic mass is 32.1. The molecule has 0 aliphatic heterocycles. The minimum absolute atomic E-state index is 0.349. The molecule has 0 amide bonds. The number of fused-ring (bicyclic) bond motifs is 1. The predicted molar refractivity (Wildman–Crippen MR) is 87.2 cm³/mol. The van der Waals surface area contributed by atoms with Crippen molar-refractivity contribution in [2.24, 2.45) is 5.73 Å². The molecule has 2 rings (SSSR count). The lowest BCUT2D eigenvalue weighted by Crippen LogP contribution is -2.36. The molecule has 0 bridgehead atoms. The molecule has 0 saturated carbocycles. The first-order valence-electron chi connectivity index (χ1n) is 6.41. The lowest BCUT2D eigenvalue weighted by Gasteiger charge is -2.27. The Balaban J connectivity index is 2.53. The van der Waals surface area contributed by atoms with Crippen LogP contribution < -0.4 is 10.6 Å². The van der Waals surface area contributed by atoms with Gasteiger partial charge in [-0.2, -0.15) is 0 Å². The first-order chi connectivity index (χ1) is 9.28. The van der Waals surface area contributed by atoms with E-state index in [1.165, 1.54) is 0 Å². The van der Waals surface area contributed by atoms with Crippen molar-refractivity contribution in [3.63, 3.8) is 0 Å². The minimum Gasteiger partial charge on any atom is -0.389 e. The molecule has 1 aromatic heterocycles. The largest absolute Gasteiger partial charge is 0.389 e. The number of pyridine rings is 1. The quantitative estimate of drug-likeness (QED) is 0.844. The van der Waals surface area contributed by atoms with Gasteiger partial charge in [-0.25, -0.2) is 4.98 Å². The molecule has 4 nitrogen and oxygen atoms in total. The van der Waals surface area contributed by atoms with E-state index in [4.69, 9.17) is 18.0 Å². The van der Waals surface area contributed by atoms with Crippen molar-refractivity contribution in [3.05, 3.63) is 35.9 Å². The fourth-order valence-corrected chi connectivity index (χ4v) is 2.39. The first-order valence-corrected chi connectivity index (χ1v) is 6.82. The Labute approximate surface area is 124 Å². The van der Waals surface area contributed by atoms with Crippen LogP contribution in [-0.2, 0) is 0 Å². The normalized spacial score (nSPS) is 11.6. The van der Waals surface area contributed by atoms with Gasteiger partial charge in [-0.1, -0.05) is 30.4 Å². The average Bonchev–Trinajstić information content (AvgIpc) is 2.35. The molecule has 0 radical (unpaired) electrons. The zero-order valence-corrected chi connectivity index (χ0v) is 12.7. The van der Waals surface area contributed by atoms with Gasteiger partial charge in [0.05, 0.1) is 11.1 Å². The number of para-hydroxylation sites is 1. The van der Waals surface area contributed by atoms with E-state index in [0.29, 0.717) is 11.5 Å². The molecule has 3 N–H and O–H groups in total. The average molecular weight is 289 g/mol. The van der Waals surface area contributed by atoms with Crippen molar-refractivity contribution >= 4 is 33.9 Å². The van der Waals surface area contributed by atoms with Gasteiger partial charge in [0.1, 0.15) is 10.8 Å². The van der Waals surface area contributed by atoms with Crippen molar-refractivity contribution in [1.82, 2.24) is 4.98 Å². The van der Waals surface area contributed by atoms with Crippen LogP contribution >= 0.6 is 12.2 Å². The smallest absolute Gasteiger partial charge is 0.129 e. The summed E-state index contributed by atoms with van der Waals surface area (Å²) in [6.45, 7) is 3.99. The number of hydrogen-bond acceptors (Lipinski definition) is 4. The molecule has 0 saturated heterocycles. The maximum Gasteiger partial charge on any atom is 0.129 e. The molecule has 0 atom stereocenters. The molecule has 106 valence electrons. The highest BCUT2D eigenvalue weighted by Crippen LogP contribution is 2.23. The van der Waals surface area contributed by atoms with Gasteiger partial charge < -0.3 is 15.7 Å². The van der Waals surface area contributed by atoms with Crippen LogP contribution in [0.4, 0.5) is 5.82 Å². The molecule has 2 aromatic rings. The van der Waals surface area contributed by atoms with Crippen LogP contribution in [0.5, 0.6) is 0 Å². The number of hydrogen-bond donors (Lipinski definition) is 2. The summed E-state index contributed by atoms with van der Waals surface area (Å²) < 4.78 is 0. The first kappa shape index (κ1) is 14.7. The van der Waals surface area contributed by atoms with Gasteiger partial charge in [0.15, 0.2) is 0 Å². The van der Waals surface area contributed by atoms with Crippen molar-refractivity contribution < 1.29 is 5.11 Å². The van der Waals surface area contributed by atoms with Crippen LogP contribution in [0, 0.1) is 0 Å². The summed E-state index contributed by atoms with van der Waals surface area (Å²) in [7, 11) is 1.89. The molecule has 1 aromatic carbocycles. The van der Waals surface area contributed by atoms with Crippen LogP contribution in [0.2, 0.25) is 0 Å². The highest BCUT2D eigenvalue weighted by Gasteiger charge is 2.18. The summed E-state index contributed by atoms with van der Waals surface area (Å²) in [6, 6.07) is 9.62. The molecule has 0 fully saturated rings. The van der Waals surface area contributed by atoms with E-state index in [2.05, 4.69) is 4.98 Å². The van der Waals surface area contributed by atoms with Gasteiger partial charge in [0.2, 0.25) is 0 Å². The summed E-state index contributed by atoms with van der Waals surface area (Å²) in [4.78, 5) is 6.85. The summed E-state index contributed by atoms with van der Waals surface area (Å²) in [6.07, 6.45) is 0. The second-order valence-corrected chi connectivity index (χ2v) is 6.02. The van der Waals surface area contributed by atoms with Crippen molar-refractivity contribution in [1.29, 1.82) is 0 Å². The minimum atomic E-state index is -0.800. The fourth-order valence-electron chi connectivity index (χ4n) is 2.22. The maximum absolute atomic E-state index is 9.92. The standard InChI is InChI=1S/C15H19N3OS/c1-15(2,19)9-18(3)13-8-11(14(16)20)10-6-4-5-7-12(10)17-13/h4-8,19H,9H2,1-3H3,(H2,16,20). The van der Waals surface area contributed by atoms with E-state index in [1.54, 1.807) is 13.8 Å². The van der Waals surface area contributed by atoms with Crippen molar-refractivity contribution in [2.75, 3.05) is 18.5 Å². The van der Waals surface area contributed by atoms with Crippen LogP contribution in [-0.4, -0.2) is 34.3 Å². The van der Waals surface area contributed by atoms with Crippen LogP contribution in [0.25, 0.3) is 10.9 Å². The van der Waals surface area contributed by atoms with E-state index in [-0.39, 0.29) is 0 Å². The number of nitrogens with zero attached hydrogens (tertiary/aromatic N) is 2. The SMILES string of the molecule is CN(CC(C)(C)O)c1cc(C(N)=S)c2ccccc2n1. The Kier molecular flexibility index (Phi) is 3.92. The van der Waals surface area contributed by atoms with E-state index >= 15 is 0 Å². The second kappa shape index (κ2) is 5.34. The molecule has 0 unspecified atom stereocenters. The van der Waals surface area contributed by atoms with Crippen molar-refractivity contribution in [2.45, 2.75) is 19.4 Å². The summed E-state index contributed by atoms with van der Waals surface area (Å²) in [5.41, 5.74) is 6.66. The van der Waals surface area contributed by atoms with Crippen LogP contribution in [0.15, 0.2) is 30.3 Å². The second-order valence-electron chi connectivity index (χ2n) is 5.58. The number of aromatic nitrogens is 1. The Morgan fingerprint density at radius 2 is 2.05 bits per heavy atom. The molecule has 0 aliphatic carbocycles. The number of nitrogens with two attached hydrogens (primary N) is 1. The molecular weight excluding hydrogens is 270 g/mol. The Hall–Kier alpha value is -1.72. The van der Waals surface area contributed by atoms with Crippen LogP contribution in [0.1, 0.15) is 19.4 Å². The van der Waals surface area contributed by atoms with E-state index < -0.39 is 5.60 Å². The third-order valence-electron chi connectivity index (χ3n) is 2.98. The highest BCUT2D eigenvalue weighted by molar-refractivity contribution is 7.80. The molecule has 0 aliphatic rings. The lowest BCUT2D eigenvalue weighted by atomic mass is 10.1. The predicted octanol–water partition coefficient (Wildman–Crippen LogP) is 2.08. The third kappa shape index (κ3) is 3.23. The molecular formula is C15H19N3OS. The summed E-state index contributed by atoms with van der Waals surface area (Å²) in [5, 5.41) is 10.9. The summed E-state index contributed by atoms with van der Waals surface area (Å²) >= 11 is 5.13. The molecule has 0 spiro atoms. The Bertz CT molecular complexity index is 649. The van der Waals surface area contributed by atoms with Gasteiger partial charge in [-0.05, 0) is 26.0 Å². The number of anilines is 1. The number of rotatable bonds is 4. The van der Waals surface area contributed by atoms with E-state index in [0.717, 1.165) is 22.3 Å². The maximum atomic E-state index is 9.92. The van der Waals surface area contributed by atoms with Gasteiger partial charge in [0.25, 0.3) is 0 Å². The Morgan fingerprint density at radius 3 is 2.65 bits per heavy atom. The molecule has 1 heterocycles. The topological polar surface area (TPSA) is 62.4 Å². The van der Waals surface area contributed by atoms with E-state index in [1.807, 2.05) is 42.3 Å². The van der Waals surface area contributed by atoms with Crippen molar-refractivity contribution in [3.8, 4) is 0 Å². The summed E-state index contributed by atoms with van der Waals surface area (Å²) in [5.74, 6) is 0.744. The zero-order chi connectivity index (χ0) is 14.9. The van der Waals surface area contributed by atoms with Gasteiger partial charge >= 0.3 is 0 Å². The van der Waals surface area contributed by atoms with E-state index in [9.17, 15) is 5.11 Å². The Morgan fingerprint density at radius 1 is 1.40 bits per heavy atom. The zero-order valence-electron chi connectivity index (χ0n) is 11.9.